The predicted molar refractivity (Wildman–Crippen MR) is 264 cm³/mol. The Labute approximate surface area is 381 Å². The zero-order valence-electron chi connectivity index (χ0n) is 41.4. The fourth-order valence-corrected chi connectivity index (χ4v) is 8.88. The van der Waals surface area contributed by atoms with Gasteiger partial charge in [-0.1, -0.05) is 277 Å². The summed E-state index contributed by atoms with van der Waals surface area (Å²) in [4.78, 5) is 24.5. The number of esters is 1. The van der Waals surface area contributed by atoms with Crippen LogP contribution in [0, 0.1) is 0 Å². The smallest absolute Gasteiger partial charge is 0.305 e. The topological polar surface area (TPSA) is 95.9 Å². The molecule has 0 heterocycles. The molecule has 0 aromatic heterocycles. The van der Waals surface area contributed by atoms with Crippen LogP contribution in [-0.2, 0) is 14.3 Å². The van der Waals surface area contributed by atoms with Gasteiger partial charge in [0, 0.05) is 12.8 Å². The third-order valence-electron chi connectivity index (χ3n) is 13.2. The van der Waals surface area contributed by atoms with Crippen LogP contribution in [0.5, 0.6) is 0 Å². The summed E-state index contributed by atoms with van der Waals surface area (Å²) in [7, 11) is 0. The van der Waals surface area contributed by atoms with Crippen molar-refractivity contribution in [3.63, 3.8) is 0 Å². The fourth-order valence-electron chi connectivity index (χ4n) is 8.88. The highest BCUT2D eigenvalue weighted by Crippen LogP contribution is 2.18. The van der Waals surface area contributed by atoms with Crippen molar-refractivity contribution in [1.82, 2.24) is 5.32 Å². The number of hydrogen-bond donors (Lipinski definition) is 3. The molecule has 6 nitrogen and oxygen atoms in total. The first-order chi connectivity index (χ1) is 30.0. The van der Waals surface area contributed by atoms with E-state index in [9.17, 15) is 19.8 Å². The van der Waals surface area contributed by atoms with Crippen LogP contribution < -0.4 is 5.32 Å². The lowest BCUT2D eigenvalue weighted by Crippen LogP contribution is -2.45. The zero-order valence-corrected chi connectivity index (χ0v) is 41.4. The van der Waals surface area contributed by atoms with Gasteiger partial charge in [0.15, 0.2) is 0 Å². The molecule has 0 aliphatic carbocycles. The molecular weight excluding hydrogens is 755 g/mol. The molecular formula is C55H109NO5. The van der Waals surface area contributed by atoms with Crippen molar-refractivity contribution in [3.8, 4) is 0 Å². The van der Waals surface area contributed by atoms with Crippen molar-refractivity contribution < 1.29 is 24.5 Å². The predicted octanol–water partition coefficient (Wildman–Crippen LogP) is 16.7. The summed E-state index contributed by atoms with van der Waals surface area (Å²) in [5.74, 6) is -0.0282. The average Bonchev–Trinajstić information content (AvgIpc) is 3.26. The summed E-state index contributed by atoms with van der Waals surface area (Å²) in [5, 5.41) is 23.1. The third-order valence-corrected chi connectivity index (χ3v) is 13.2. The minimum atomic E-state index is -0.663. The fraction of sp³-hybridized carbons (Fsp3) is 0.964. The van der Waals surface area contributed by atoms with Crippen LogP contribution in [0.2, 0.25) is 0 Å². The van der Waals surface area contributed by atoms with Crippen molar-refractivity contribution in [2.24, 2.45) is 0 Å². The van der Waals surface area contributed by atoms with Crippen LogP contribution in [0.25, 0.3) is 0 Å². The van der Waals surface area contributed by atoms with Crippen LogP contribution in [0.15, 0.2) is 0 Å². The first-order valence-electron chi connectivity index (χ1n) is 27.8. The van der Waals surface area contributed by atoms with E-state index in [1.54, 1.807) is 0 Å². The van der Waals surface area contributed by atoms with E-state index in [1.165, 1.54) is 244 Å². The number of carbonyl (C=O) groups is 2. The highest BCUT2D eigenvalue weighted by molar-refractivity contribution is 5.76. The molecule has 0 aliphatic heterocycles. The number of amides is 1. The number of aliphatic hydroxyl groups is 2. The Morgan fingerprint density at radius 3 is 1.00 bits per heavy atom. The summed E-state index contributed by atoms with van der Waals surface area (Å²) in [6.07, 6.45) is 58.1. The number of nitrogens with one attached hydrogen (secondary N) is 1. The number of rotatable bonds is 52. The maximum atomic E-state index is 12.4. The molecule has 0 bridgehead atoms. The molecule has 3 N–H and O–H groups in total. The van der Waals surface area contributed by atoms with Crippen molar-refractivity contribution in [3.05, 3.63) is 0 Å². The van der Waals surface area contributed by atoms with Crippen LogP contribution in [0.4, 0.5) is 0 Å². The van der Waals surface area contributed by atoms with E-state index < -0.39 is 12.1 Å². The Morgan fingerprint density at radius 2 is 0.672 bits per heavy atom. The van der Waals surface area contributed by atoms with Gasteiger partial charge in [-0.25, -0.2) is 0 Å². The lowest BCUT2D eigenvalue weighted by Gasteiger charge is -2.22. The molecule has 0 radical (unpaired) electrons. The van der Waals surface area contributed by atoms with Crippen LogP contribution in [-0.4, -0.2) is 47.4 Å². The summed E-state index contributed by atoms with van der Waals surface area (Å²) in [5.41, 5.74) is 0. The van der Waals surface area contributed by atoms with Gasteiger partial charge in [0.25, 0.3) is 0 Å². The molecule has 364 valence electrons. The number of unbranched alkanes of at least 4 members (excludes halogenated alkanes) is 41. The average molecular weight is 864 g/mol. The van der Waals surface area contributed by atoms with Gasteiger partial charge in [-0.05, 0) is 25.7 Å². The van der Waals surface area contributed by atoms with E-state index >= 15 is 0 Å². The van der Waals surface area contributed by atoms with Gasteiger partial charge >= 0.3 is 5.97 Å². The number of carbonyl (C=O) groups excluding carboxylic acids is 2. The molecule has 0 fully saturated rings. The third kappa shape index (κ3) is 48.2. The molecule has 1 amide bonds. The maximum absolute atomic E-state index is 12.4. The second kappa shape index (κ2) is 51.5. The normalized spacial score (nSPS) is 12.5. The Hall–Kier alpha value is -1.14. The highest BCUT2D eigenvalue weighted by atomic mass is 16.5. The Kier molecular flexibility index (Phi) is 50.5. The van der Waals surface area contributed by atoms with Crippen molar-refractivity contribution in [2.45, 2.75) is 328 Å². The standard InChI is InChI=1S/C55H109NO5/c1-3-5-7-9-11-13-14-15-16-19-23-26-29-33-37-41-45-49-55(60)61-50-46-42-38-34-30-27-24-21-18-17-20-22-25-28-32-36-40-44-48-54(59)56-52(51-57)53(58)47-43-39-35-31-12-10-8-6-4-2/h52-53,57-58H,3-51H2,1-2H3,(H,56,59). The second-order valence-corrected chi connectivity index (χ2v) is 19.3. The van der Waals surface area contributed by atoms with E-state index in [-0.39, 0.29) is 18.5 Å². The number of hydrogen-bond acceptors (Lipinski definition) is 5. The van der Waals surface area contributed by atoms with Gasteiger partial charge in [0.2, 0.25) is 5.91 Å². The van der Waals surface area contributed by atoms with Gasteiger partial charge in [-0.15, -0.1) is 0 Å². The van der Waals surface area contributed by atoms with Crippen LogP contribution >= 0.6 is 0 Å². The highest BCUT2D eigenvalue weighted by Gasteiger charge is 2.20. The molecule has 6 heteroatoms. The quantitative estimate of drug-likeness (QED) is 0.0418. The zero-order chi connectivity index (χ0) is 44.4. The van der Waals surface area contributed by atoms with E-state index in [0.29, 0.717) is 25.9 Å². The van der Waals surface area contributed by atoms with Crippen molar-refractivity contribution in [2.75, 3.05) is 13.2 Å². The first-order valence-corrected chi connectivity index (χ1v) is 27.8. The van der Waals surface area contributed by atoms with Gasteiger partial charge in [0.05, 0.1) is 25.4 Å². The van der Waals surface area contributed by atoms with Crippen LogP contribution in [0.3, 0.4) is 0 Å². The van der Waals surface area contributed by atoms with E-state index in [0.717, 1.165) is 38.5 Å². The first kappa shape index (κ1) is 59.9. The molecule has 0 spiro atoms. The SMILES string of the molecule is CCCCCCCCCCCCCCCCCCCC(=O)OCCCCCCCCCCCCCCCCCCCCC(=O)NC(CO)C(O)CCCCCCCCCCC. The van der Waals surface area contributed by atoms with Gasteiger partial charge in [-0.3, -0.25) is 9.59 Å². The summed E-state index contributed by atoms with van der Waals surface area (Å²) in [6, 6.07) is -0.541. The molecule has 2 unspecified atom stereocenters. The summed E-state index contributed by atoms with van der Waals surface area (Å²) < 4.78 is 5.49. The molecule has 2 atom stereocenters. The Morgan fingerprint density at radius 1 is 0.393 bits per heavy atom. The van der Waals surface area contributed by atoms with Gasteiger partial charge < -0.3 is 20.3 Å². The van der Waals surface area contributed by atoms with Crippen molar-refractivity contribution >= 4 is 11.9 Å². The maximum Gasteiger partial charge on any atom is 0.305 e. The molecule has 0 aromatic carbocycles. The van der Waals surface area contributed by atoms with E-state index in [4.69, 9.17) is 4.74 Å². The lowest BCUT2D eigenvalue weighted by molar-refractivity contribution is -0.143. The van der Waals surface area contributed by atoms with E-state index in [1.807, 2.05) is 0 Å². The molecule has 0 saturated heterocycles. The monoisotopic (exact) mass is 864 g/mol. The number of ether oxygens (including phenoxy) is 1. The Bertz CT molecular complexity index is 867. The molecule has 0 aromatic rings. The summed E-state index contributed by atoms with van der Waals surface area (Å²) >= 11 is 0. The van der Waals surface area contributed by atoms with Gasteiger partial charge in [-0.2, -0.15) is 0 Å². The van der Waals surface area contributed by atoms with Crippen LogP contribution in [0.1, 0.15) is 316 Å². The minimum absolute atomic E-state index is 0.0117. The molecule has 0 saturated carbocycles. The van der Waals surface area contributed by atoms with Crippen molar-refractivity contribution in [1.29, 1.82) is 0 Å². The largest absolute Gasteiger partial charge is 0.466 e. The lowest BCUT2D eigenvalue weighted by atomic mass is 10.0. The molecule has 0 aliphatic rings. The van der Waals surface area contributed by atoms with E-state index in [2.05, 4.69) is 19.2 Å². The Balaban J connectivity index is 3.34. The minimum Gasteiger partial charge on any atom is -0.466 e. The molecule has 0 rings (SSSR count). The second-order valence-electron chi connectivity index (χ2n) is 19.3. The number of aliphatic hydroxyl groups excluding tert-OH is 2. The van der Waals surface area contributed by atoms with Gasteiger partial charge in [0.1, 0.15) is 0 Å². The molecule has 61 heavy (non-hydrogen) atoms. The summed E-state index contributed by atoms with van der Waals surface area (Å²) in [6.45, 7) is 4.94.